The fourth-order valence-electron chi connectivity index (χ4n) is 3.22. The molecular weight excluding hydrogens is 404 g/mol. The molecule has 0 heterocycles. The molecule has 3 aromatic carbocycles. The number of methoxy groups -OCH3 is 1. The first-order chi connectivity index (χ1) is 15.5. The van der Waals surface area contributed by atoms with Gasteiger partial charge in [0.25, 0.3) is 5.91 Å². The van der Waals surface area contributed by atoms with E-state index in [2.05, 4.69) is 10.6 Å². The lowest BCUT2D eigenvalue weighted by Gasteiger charge is -2.16. The van der Waals surface area contributed by atoms with Crippen LogP contribution in [-0.2, 0) is 4.79 Å². The minimum Gasteiger partial charge on any atom is -0.497 e. The van der Waals surface area contributed by atoms with Crippen molar-refractivity contribution in [2.24, 2.45) is 0 Å². The number of carbonyl (C=O) groups excluding carboxylic acids is 3. The molecule has 3 aromatic rings. The zero-order chi connectivity index (χ0) is 22.9. The van der Waals surface area contributed by atoms with Crippen LogP contribution in [0.5, 0.6) is 5.75 Å². The molecule has 0 aliphatic rings. The lowest BCUT2D eigenvalue weighted by atomic mass is 10.0. The van der Waals surface area contributed by atoms with E-state index in [0.717, 1.165) is 5.56 Å². The standard InChI is InChI=1S/C26H26N2O4/c1-18(27-25(30)16-15-24(29)19-11-13-23(32-2)14-12-19)21-9-6-10-22(17-21)28-26(31)20-7-4-3-5-8-20/h3-14,17-18H,15-16H2,1-2H3,(H,27,30)(H,28,31). The predicted octanol–water partition coefficient (Wildman–Crippen LogP) is 4.79. The molecular formula is C26H26N2O4. The van der Waals surface area contributed by atoms with Gasteiger partial charge in [0, 0.05) is 29.7 Å². The number of rotatable bonds is 9. The molecule has 0 aliphatic carbocycles. The van der Waals surface area contributed by atoms with Gasteiger partial charge in [-0.25, -0.2) is 0 Å². The van der Waals surface area contributed by atoms with Gasteiger partial charge in [0.15, 0.2) is 5.78 Å². The number of ketones is 1. The van der Waals surface area contributed by atoms with Crippen LogP contribution in [0.4, 0.5) is 5.69 Å². The first kappa shape index (κ1) is 22.7. The van der Waals surface area contributed by atoms with Gasteiger partial charge in [-0.1, -0.05) is 30.3 Å². The summed E-state index contributed by atoms with van der Waals surface area (Å²) in [6, 6.07) is 22.8. The minimum atomic E-state index is -0.271. The topological polar surface area (TPSA) is 84.5 Å². The molecule has 0 radical (unpaired) electrons. The van der Waals surface area contributed by atoms with Crippen LogP contribution in [0.1, 0.15) is 52.1 Å². The molecule has 6 heteroatoms. The summed E-state index contributed by atoms with van der Waals surface area (Å²) in [7, 11) is 1.56. The number of anilines is 1. The van der Waals surface area contributed by atoms with Crippen molar-refractivity contribution in [1.29, 1.82) is 0 Å². The number of Topliss-reactive ketones (excluding diaryl/α,β-unsaturated/α-hetero) is 1. The quantitative estimate of drug-likeness (QED) is 0.478. The smallest absolute Gasteiger partial charge is 0.255 e. The van der Waals surface area contributed by atoms with E-state index in [0.29, 0.717) is 22.6 Å². The fourth-order valence-corrected chi connectivity index (χ4v) is 3.22. The molecule has 0 aliphatic heterocycles. The third-order valence-electron chi connectivity index (χ3n) is 5.05. The van der Waals surface area contributed by atoms with Gasteiger partial charge in [0.05, 0.1) is 13.2 Å². The third kappa shape index (κ3) is 6.28. The van der Waals surface area contributed by atoms with E-state index in [-0.39, 0.29) is 36.5 Å². The predicted molar refractivity (Wildman–Crippen MR) is 124 cm³/mol. The minimum absolute atomic E-state index is 0.0962. The van der Waals surface area contributed by atoms with Crippen molar-refractivity contribution in [2.75, 3.05) is 12.4 Å². The Morgan fingerprint density at radius 2 is 1.56 bits per heavy atom. The Hall–Kier alpha value is -3.93. The summed E-state index contributed by atoms with van der Waals surface area (Å²) in [6.45, 7) is 1.86. The van der Waals surface area contributed by atoms with Crippen LogP contribution in [0.25, 0.3) is 0 Å². The van der Waals surface area contributed by atoms with E-state index >= 15 is 0 Å². The summed E-state index contributed by atoms with van der Waals surface area (Å²) in [6.07, 6.45) is 0.220. The molecule has 2 N–H and O–H groups in total. The van der Waals surface area contributed by atoms with E-state index in [4.69, 9.17) is 4.74 Å². The Bertz CT molecular complexity index is 1080. The summed E-state index contributed by atoms with van der Waals surface area (Å²) in [5.41, 5.74) is 2.62. The van der Waals surface area contributed by atoms with Gasteiger partial charge in [-0.05, 0) is 61.0 Å². The van der Waals surface area contributed by atoms with Gasteiger partial charge < -0.3 is 15.4 Å². The molecule has 0 fully saturated rings. The molecule has 164 valence electrons. The largest absolute Gasteiger partial charge is 0.497 e. The van der Waals surface area contributed by atoms with Crippen LogP contribution in [-0.4, -0.2) is 24.7 Å². The monoisotopic (exact) mass is 430 g/mol. The zero-order valence-corrected chi connectivity index (χ0v) is 18.1. The van der Waals surface area contributed by atoms with Gasteiger partial charge in [0.1, 0.15) is 5.75 Å². The summed E-state index contributed by atoms with van der Waals surface area (Å²) >= 11 is 0. The van der Waals surface area contributed by atoms with Crippen LogP contribution in [0, 0.1) is 0 Å². The summed E-state index contributed by atoms with van der Waals surface area (Å²) < 4.78 is 5.09. The Labute approximate surface area is 187 Å². The second-order valence-corrected chi connectivity index (χ2v) is 7.39. The van der Waals surface area contributed by atoms with Gasteiger partial charge in [-0.2, -0.15) is 0 Å². The lowest BCUT2D eigenvalue weighted by Crippen LogP contribution is -2.27. The molecule has 0 aromatic heterocycles. The van der Waals surface area contributed by atoms with Gasteiger partial charge in [-0.3, -0.25) is 14.4 Å². The second-order valence-electron chi connectivity index (χ2n) is 7.39. The van der Waals surface area contributed by atoms with Crippen LogP contribution < -0.4 is 15.4 Å². The number of amides is 2. The Kier molecular flexibility index (Phi) is 7.75. The molecule has 32 heavy (non-hydrogen) atoms. The van der Waals surface area contributed by atoms with Crippen LogP contribution in [0.15, 0.2) is 78.9 Å². The van der Waals surface area contributed by atoms with Crippen molar-refractivity contribution in [2.45, 2.75) is 25.8 Å². The van der Waals surface area contributed by atoms with Crippen molar-refractivity contribution in [1.82, 2.24) is 5.32 Å². The normalized spacial score (nSPS) is 11.3. The summed E-state index contributed by atoms with van der Waals surface area (Å²) in [4.78, 5) is 37.0. The Morgan fingerprint density at radius 1 is 0.844 bits per heavy atom. The second kappa shape index (κ2) is 10.9. The van der Waals surface area contributed by atoms with Crippen molar-refractivity contribution in [3.63, 3.8) is 0 Å². The molecule has 2 amide bonds. The Balaban J connectivity index is 1.52. The van der Waals surface area contributed by atoms with Crippen molar-refractivity contribution >= 4 is 23.3 Å². The third-order valence-corrected chi connectivity index (χ3v) is 5.05. The number of hydrogen-bond donors (Lipinski definition) is 2. The van der Waals surface area contributed by atoms with E-state index in [9.17, 15) is 14.4 Å². The SMILES string of the molecule is COc1ccc(C(=O)CCC(=O)NC(C)c2cccc(NC(=O)c3ccccc3)c2)cc1. The number of carbonyl (C=O) groups is 3. The first-order valence-corrected chi connectivity index (χ1v) is 10.4. The average molecular weight is 431 g/mol. The molecule has 3 rings (SSSR count). The number of ether oxygens (including phenoxy) is 1. The lowest BCUT2D eigenvalue weighted by molar-refractivity contribution is -0.121. The highest BCUT2D eigenvalue weighted by atomic mass is 16.5. The first-order valence-electron chi connectivity index (χ1n) is 10.4. The zero-order valence-electron chi connectivity index (χ0n) is 18.1. The fraction of sp³-hybridized carbons (Fsp3) is 0.192. The van der Waals surface area contributed by atoms with E-state index in [1.807, 2.05) is 43.3 Å². The van der Waals surface area contributed by atoms with E-state index in [1.54, 1.807) is 49.6 Å². The number of benzene rings is 3. The maximum Gasteiger partial charge on any atom is 0.255 e. The highest BCUT2D eigenvalue weighted by Crippen LogP contribution is 2.19. The molecule has 0 bridgehead atoms. The van der Waals surface area contributed by atoms with Gasteiger partial charge >= 0.3 is 0 Å². The van der Waals surface area contributed by atoms with Crippen molar-refractivity contribution in [3.05, 3.63) is 95.6 Å². The molecule has 6 nitrogen and oxygen atoms in total. The van der Waals surface area contributed by atoms with Gasteiger partial charge in [-0.15, -0.1) is 0 Å². The number of nitrogens with one attached hydrogen (secondary N) is 2. The average Bonchev–Trinajstić information content (AvgIpc) is 2.83. The molecule has 0 saturated carbocycles. The Morgan fingerprint density at radius 3 is 2.25 bits per heavy atom. The van der Waals surface area contributed by atoms with Crippen molar-refractivity contribution < 1.29 is 19.1 Å². The van der Waals surface area contributed by atoms with Gasteiger partial charge in [0.2, 0.25) is 5.91 Å². The summed E-state index contributed by atoms with van der Waals surface area (Å²) in [5, 5.41) is 5.78. The van der Waals surface area contributed by atoms with Crippen LogP contribution in [0.3, 0.4) is 0 Å². The maximum absolute atomic E-state index is 12.4. The van der Waals surface area contributed by atoms with E-state index < -0.39 is 0 Å². The highest BCUT2D eigenvalue weighted by Gasteiger charge is 2.14. The van der Waals surface area contributed by atoms with E-state index in [1.165, 1.54) is 0 Å². The molecule has 0 spiro atoms. The van der Waals surface area contributed by atoms with Crippen LogP contribution >= 0.6 is 0 Å². The summed E-state index contributed by atoms with van der Waals surface area (Å²) in [5.74, 6) is 0.172. The number of hydrogen-bond acceptors (Lipinski definition) is 4. The molecule has 1 unspecified atom stereocenters. The van der Waals surface area contributed by atoms with Crippen molar-refractivity contribution in [3.8, 4) is 5.75 Å². The molecule has 1 atom stereocenters. The molecule has 0 saturated heterocycles. The maximum atomic E-state index is 12.4. The highest BCUT2D eigenvalue weighted by molar-refractivity contribution is 6.04. The van der Waals surface area contributed by atoms with Crippen LogP contribution in [0.2, 0.25) is 0 Å².